The highest BCUT2D eigenvalue weighted by atomic mass is 35.5. The van der Waals surface area contributed by atoms with Crippen molar-refractivity contribution in [2.75, 3.05) is 13.1 Å². The number of carbonyl (C=O) groups excluding carboxylic acids is 1. The molecule has 2 aromatic rings. The normalized spacial score (nSPS) is 18.1. The summed E-state index contributed by atoms with van der Waals surface area (Å²) in [5.41, 5.74) is 1.54. The van der Waals surface area contributed by atoms with E-state index in [1.54, 1.807) is 18.2 Å². The summed E-state index contributed by atoms with van der Waals surface area (Å²) in [6, 6.07) is 13.2. The van der Waals surface area contributed by atoms with Crippen molar-refractivity contribution in [1.82, 2.24) is 10.6 Å². The van der Waals surface area contributed by atoms with Gasteiger partial charge in [-0.15, -0.1) is 12.4 Å². The van der Waals surface area contributed by atoms with Crippen molar-refractivity contribution in [2.24, 2.45) is 5.92 Å². The molecule has 3 nitrogen and oxygen atoms in total. The summed E-state index contributed by atoms with van der Waals surface area (Å²) in [6.45, 7) is 1.63. The minimum atomic E-state index is -0.422. The molecule has 2 atom stereocenters. The molecule has 1 amide bonds. The summed E-state index contributed by atoms with van der Waals surface area (Å²) in [4.78, 5) is 12.6. The van der Waals surface area contributed by atoms with E-state index in [2.05, 4.69) is 10.6 Å². The summed E-state index contributed by atoms with van der Waals surface area (Å²) < 4.78 is 13.7. The van der Waals surface area contributed by atoms with Gasteiger partial charge in [-0.05, 0) is 54.8 Å². The fourth-order valence-electron chi connectivity index (χ4n) is 3.07. The van der Waals surface area contributed by atoms with Crippen molar-refractivity contribution in [3.63, 3.8) is 0 Å². The zero-order valence-electron chi connectivity index (χ0n) is 13.7. The number of amides is 1. The van der Waals surface area contributed by atoms with Crippen LogP contribution in [0.3, 0.4) is 0 Å². The van der Waals surface area contributed by atoms with E-state index in [-0.39, 0.29) is 30.0 Å². The van der Waals surface area contributed by atoms with Crippen molar-refractivity contribution in [2.45, 2.75) is 18.9 Å². The third-order valence-corrected chi connectivity index (χ3v) is 4.55. The van der Waals surface area contributed by atoms with Crippen molar-refractivity contribution >= 4 is 29.9 Å². The molecule has 0 saturated carbocycles. The van der Waals surface area contributed by atoms with Crippen molar-refractivity contribution in [3.8, 4) is 0 Å². The smallest absolute Gasteiger partial charge is 0.225 e. The quantitative estimate of drug-likeness (QED) is 0.835. The van der Waals surface area contributed by atoms with Crippen LogP contribution in [0.1, 0.15) is 30.0 Å². The first-order valence-corrected chi connectivity index (χ1v) is 8.53. The molecule has 0 aromatic heterocycles. The molecule has 134 valence electrons. The highest BCUT2D eigenvalue weighted by Crippen LogP contribution is 2.26. The SMILES string of the molecule is Cl.O=C(NC(c1cccc(F)c1)c1cccc(Cl)c1)C1CCCNC1. The van der Waals surface area contributed by atoms with Gasteiger partial charge in [0.05, 0.1) is 12.0 Å². The molecule has 1 aliphatic rings. The maximum absolute atomic E-state index is 13.7. The van der Waals surface area contributed by atoms with Gasteiger partial charge >= 0.3 is 0 Å². The Morgan fingerprint density at radius 2 is 1.92 bits per heavy atom. The van der Waals surface area contributed by atoms with Crippen LogP contribution in [0.15, 0.2) is 48.5 Å². The third-order valence-electron chi connectivity index (χ3n) is 4.32. The number of hydrogen-bond acceptors (Lipinski definition) is 2. The Balaban J connectivity index is 0.00000225. The predicted octanol–water partition coefficient (Wildman–Crippen LogP) is 4.11. The van der Waals surface area contributed by atoms with E-state index < -0.39 is 6.04 Å². The Morgan fingerprint density at radius 3 is 2.56 bits per heavy atom. The van der Waals surface area contributed by atoms with Crippen LogP contribution >= 0.6 is 24.0 Å². The molecule has 3 rings (SSSR count). The van der Waals surface area contributed by atoms with E-state index in [1.807, 2.05) is 18.2 Å². The molecule has 2 N–H and O–H groups in total. The van der Waals surface area contributed by atoms with E-state index >= 15 is 0 Å². The minimum absolute atomic E-state index is 0. The molecule has 0 spiro atoms. The molecule has 0 bridgehead atoms. The molecular weight excluding hydrogens is 362 g/mol. The fraction of sp³-hybridized carbons (Fsp3) is 0.316. The molecule has 0 radical (unpaired) electrons. The lowest BCUT2D eigenvalue weighted by Gasteiger charge is -2.26. The van der Waals surface area contributed by atoms with E-state index in [9.17, 15) is 9.18 Å². The Labute approximate surface area is 158 Å². The van der Waals surface area contributed by atoms with Crippen LogP contribution in [0.5, 0.6) is 0 Å². The van der Waals surface area contributed by atoms with Gasteiger partial charge in [0.25, 0.3) is 0 Å². The van der Waals surface area contributed by atoms with Crippen molar-refractivity contribution in [3.05, 3.63) is 70.5 Å². The van der Waals surface area contributed by atoms with E-state index in [4.69, 9.17) is 11.6 Å². The number of hydrogen-bond donors (Lipinski definition) is 2. The standard InChI is InChI=1S/C19H20ClFN2O.ClH/c20-16-7-1-4-13(10-16)18(14-5-2-8-17(21)11-14)23-19(24)15-6-3-9-22-12-15;/h1-2,4-5,7-8,10-11,15,18,22H,3,6,9,12H2,(H,23,24);1H. The average Bonchev–Trinajstić information content (AvgIpc) is 2.60. The zero-order chi connectivity index (χ0) is 16.9. The largest absolute Gasteiger partial charge is 0.345 e. The average molecular weight is 383 g/mol. The topological polar surface area (TPSA) is 41.1 Å². The maximum atomic E-state index is 13.7. The number of rotatable bonds is 4. The Hall–Kier alpha value is -1.62. The van der Waals surface area contributed by atoms with Gasteiger partial charge in [-0.2, -0.15) is 0 Å². The number of benzene rings is 2. The molecular formula is C19H21Cl2FN2O. The summed E-state index contributed by atoms with van der Waals surface area (Å²) in [7, 11) is 0. The Bertz CT molecular complexity index is 675. The van der Waals surface area contributed by atoms with E-state index in [0.717, 1.165) is 24.9 Å². The Morgan fingerprint density at radius 1 is 1.20 bits per heavy atom. The molecule has 6 heteroatoms. The summed E-state index contributed by atoms with van der Waals surface area (Å²) in [5, 5.41) is 6.90. The lowest BCUT2D eigenvalue weighted by molar-refractivity contribution is -0.126. The molecule has 1 aliphatic heterocycles. The van der Waals surface area contributed by atoms with Gasteiger partial charge < -0.3 is 10.6 Å². The summed E-state index contributed by atoms with van der Waals surface area (Å²) >= 11 is 6.10. The van der Waals surface area contributed by atoms with Crippen LogP contribution in [-0.2, 0) is 4.79 Å². The second kappa shape index (κ2) is 9.18. The molecule has 2 unspecified atom stereocenters. The maximum Gasteiger partial charge on any atom is 0.225 e. The van der Waals surface area contributed by atoms with Gasteiger partial charge in [0.1, 0.15) is 5.82 Å². The molecule has 0 aliphatic carbocycles. The molecule has 1 saturated heterocycles. The van der Waals surface area contributed by atoms with Gasteiger partial charge in [0.2, 0.25) is 5.91 Å². The van der Waals surface area contributed by atoms with Crippen LogP contribution < -0.4 is 10.6 Å². The van der Waals surface area contributed by atoms with Crippen molar-refractivity contribution < 1.29 is 9.18 Å². The van der Waals surface area contributed by atoms with Crippen LogP contribution in [0.25, 0.3) is 0 Å². The van der Waals surface area contributed by atoms with Crippen LogP contribution in [0, 0.1) is 11.7 Å². The van der Waals surface area contributed by atoms with Crippen LogP contribution in [0.4, 0.5) is 4.39 Å². The second-order valence-corrected chi connectivity index (χ2v) is 6.53. The van der Waals surface area contributed by atoms with Crippen LogP contribution in [0.2, 0.25) is 5.02 Å². The minimum Gasteiger partial charge on any atom is -0.345 e. The first kappa shape index (κ1) is 19.7. The van der Waals surface area contributed by atoms with Gasteiger partial charge in [-0.3, -0.25) is 4.79 Å². The molecule has 1 fully saturated rings. The third kappa shape index (κ3) is 5.18. The fourth-order valence-corrected chi connectivity index (χ4v) is 3.27. The first-order chi connectivity index (χ1) is 11.6. The second-order valence-electron chi connectivity index (χ2n) is 6.09. The van der Waals surface area contributed by atoms with Gasteiger partial charge in [-0.25, -0.2) is 4.39 Å². The highest BCUT2D eigenvalue weighted by molar-refractivity contribution is 6.30. The Kier molecular flexibility index (Phi) is 7.24. The first-order valence-electron chi connectivity index (χ1n) is 8.15. The van der Waals surface area contributed by atoms with Gasteiger partial charge in [0, 0.05) is 11.6 Å². The lowest BCUT2D eigenvalue weighted by Crippen LogP contribution is -2.42. The van der Waals surface area contributed by atoms with Crippen LogP contribution in [-0.4, -0.2) is 19.0 Å². The number of carbonyl (C=O) groups is 1. The van der Waals surface area contributed by atoms with E-state index in [0.29, 0.717) is 17.1 Å². The number of halogens is 3. The van der Waals surface area contributed by atoms with Gasteiger partial charge in [0.15, 0.2) is 0 Å². The molecule has 1 heterocycles. The predicted molar refractivity (Wildman–Crippen MR) is 101 cm³/mol. The number of piperidine rings is 1. The van der Waals surface area contributed by atoms with Crippen molar-refractivity contribution in [1.29, 1.82) is 0 Å². The monoisotopic (exact) mass is 382 g/mol. The lowest BCUT2D eigenvalue weighted by atomic mass is 9.95. The number of nitrogens with one attached hydrogen (secondary N) is 2. The highest BCUT2D eigenvalue weighted by Gasteiger charge is 2.25. The molecule has 25 heavy (non-hydrogen) atoms. The van der Waals surface area contributed by atoms with Gasteiger partial charge in [-0.1, -0.05) is 35.9 Å². The van der Waals surface area contributed by atoms with E-state index in [1.165, 1.54) is 12.1 Å². The zero-order valence-corrected chi connectivity index (χ0v) is 15.2. The summed E-state index contributed by atoms with van der Waals surface area (Å²) in [6.07, 6.45) is 1.85. The molecule has 2 aromatic carbocycles. The summed E-state index contributed by atoms with van der Waals surface area (Å²) in [5.74, 6) is -0.404.